The summed E-state index contributed by atoms with van der Waals surface area (Å²) in [7, 11) is 0. The van der Waals surface area contributed by atoms with Crippen molar-refractivity contribution in [3.05, 3.63) is 66.0 Å². The average molecular weight is 514 g/mol. The van der Waals surface area contributed by atoms with Crippen LogP contribution in [0.25, 0.3) is 11.2 Å². The Labute approximate surface area is 221 Å². The van der Waals surface area contributed by atoms with Gasteiger partial charge in [-0.15, -0.1) is 5.10 Å². The maximum Gasteiger partial charge on any atom is 0.263 e. The van der Waals surface area contributed by atoms with Crippen molar-refractivity contribution in [2.45, 2.75) is 45.4 Å². The molecule has 1 amide bonds. The molecule has 0 spiro atoms. The van der Waals surface area contributed by atoms with Gasteiger partial charge in [0.05, 0.1) is 6.54 Å². The molecular formula is C28H31N7O3. The summed E-state index contributed by atoms with van der Waals surface area (Å²) in [6.45, 7) is 8.88. The molecule has 38 heavy (non-hydrogen) atoms. The summed E-state index contributed by atoms with van der Waals surface area (Å²) in [5.74, 6) is 2.07. The Morgan fingerprint density at radius 3 is 2.63 bits per heavy atom. The largest absolute Gasteiger partial charge is 0.483 e. The maximum atomic E-state index is 13.3. The standard InChI is InChI=1S/C28H31N7O3/c1-19(37-22-11-7-10-21-16-28(2,3)38-24(21)22)27(36)34-14-12-33(13-15-34)25-23-26(30-18-29-25)35(32-31-23)17-20-8-5-4-6-9-20/h4-11,18-19H,12-17H2,1-3H3. The first-order valence-corrected chi connectivity index (χ1v) is 13.0. The molecule has 1 fully saturated rings. The highest BCUT2D eigenvalue weighted by Gasteiger charge is 2.34. The van der Waals surface area contributed by atoms with Crippen molar-refractivity contribution >= 4 is 22.9 Å². The van der Waals surface area contributed by atoms with Gasteiger partial charge in [-0.1, -0.05) is 47.7 Å². The molecule has 0 N–H and O–H groups in total. The summed E-state index contributed by atoms with van der Waals surface area (Å²) < 4.78 is 14.0. The minimum Gasteiger partial charge on any atom is -0.483 e. The molecule has 2 aliphatic heterocycles. The highest BCUT2D eigenvalue weighted by Crippen LogP contribution is 2.42. The first-order chi connectivity index (χ1) is 18.4. The number of aromatic nitrogens is 5. The van der Waals surface area contributed by atoms with Crippen molar-refractivity contribution in [1.29, 1.82) is 0 Å². The number of anilines is 1. The van der Waals surface area contributed by atoms with Crippen LogP contribution >= 0.6 is 0 Å². The number of rotatable bonds is 6. The van der Waals surface area contributed by atoms with Crippen molar-refractivity contribution in [3.8, 4) is 11.5 Å². The first kappa shape index (κ1) is 24.1. The molecule has 1 unspecified atom stereocenters. The molecule has 10 nitrogen and oxygen atoms in total. The van der Waals surface area contributed by atoms with Crippen LogP contribution < -0.4 is 14.4 Å². The summed E-state index contributed by atoms with van der Waals surface area (Å²) in [5, 5.41) is 8.72. The third-order valence-corrected chi connectivity index (χ3v) is 7.05. The number of hydrogen-bond acceptors (Lipinski definition) is 8. The molecular weight excluding hydrogens is 482 g/mol. The van der Waals surface area contributed by atoms with Gasteiger partial charge in [0.15, 0.2) is 34.6 Å². The molecule has 2 aromatic heterocycles. The van der Waals surface area contributed by atoms with E-state index in [-0.39, 0.29) is 11.5 Å². The predicted octanol–water partition coefficient (Wildman–Crippen LogP) is 3.10. The van der Waals surface area contributed by atoms with E-state index < -0.39 is 6.10 Å². The molecule has 10 heteroatoms. The van der Waals surface area contributed by atoms with Gasteiger partial charge in [0, 0.05) is 38.2 Å². The molecule has 0 saturated carbocycles. The van der Waals surface area contributed by atoms with E-state index in [2.05, 4.69) is 51.2 Å². The van der Waals surface area contributed by atoms with Gasteiger partial charge in [-0.3, -0.25) is 4.79 Å². The Balaban J connectivity index is 1.11. The van der Waals surface area contributed by atoms with Crippen molar-refractivity contribution in [1.82, 2.24) is 29.9 Å². The van der Waals surface area contributed by atoms with Crippen LogP contribution in [0.1, 0.15) is 31.9 Å². The normalized spacial score (nSPS) is 17.2. The summed E-state index contributed by atoms with van der Waals surface area (Å²) in [4.78, 5) is 26.2. The molecule has 4 aromatic rings. The number of hydrogen-bond donors (Lipinski definition) is 0. The SMILES string of the molecule is CC(Oc1cccc2c1OC(C)(C)C2)C(=O)N1CCN(c2ncnc3c2nnn3Cc2ccccc2)CC1. The highest BCUT2D eigenvalue weighted by atomic mass is 16.5. The summed E-state index contributed by atoms with van der Waals surface area (Å²) >= 11 is 0. The number of nitrogens with zero attached hydrogens (tertiary/aromatic N) is 7. The van der Waals surface area contributed by atoms with Gasteiger partial charge < -0.3 is 19.3 Å². The fourth-order valence-electron chi connectivity index (χ4n) is 5.19. The van der Waals surface area contributed by atoms with E-state index >= 15 is 0 Å². The molecule has 0 radical (unpaired) electrons. The van der Waals surface area contributed by atoms with Crippen molar-refractivity contribution < 1.29 is 14.3 Å². The molecule has 6 rings (SSSR count). The van der Waals surface area contributed by atoms with Gasteiger partial charge in [-0.05, 0) is 32.4 Å². The summed E-state index contributed by atoms with van der Waals surface area (Å²) in [6, 6.07) is 16.0. The second kappa shape index (κ2) is 9.59. The third-order valence-electron chi connectivity index (χ3n) is 7.05. The second-order valence-electron chi connectivity index (χ2n) is 10.5. The van der Waals surface area contributed by atoms with Crippen LogP contribution in [0, 0.1) is 0 Å². The van der Waals surface area contributed by atoms with E-state index in [0.717, 1.165) is 29.1 Å². The lowest BCUT2D eigenvalue weighted by Crippen LogP contribution is -2.52. The molecule has 196 valence electrons. The molecule has 4 heterocycles. The van der Waals surface area contributed by atoms with Crippen LogP contribution in [0.15, 0.2) is 54.9 Å². The van der Waals surface area contributed by atoms with E-state index in [1.165, 1.54) is 0 Å². The van der Waals surface area contributed by atoms with E-state index in [1.54, 1.807) is 17.9 Å². The molecule has 0 aliphatic carbocycles. The first-order valence-electron chi connectivity index (χ1n) is 13.0. The number of para-hydroxylation sites is 1. The summed E-state index contributed by atoms with van der Waals surface area (Å²) in [6.07, 6.45) is 1.75. The number of carbonyl (C=O) groups excluding carboxylic acids is 1. The average Bonchev–Trinajstić information content (AvgIpc) is 3.48. The number of ether oxygens (including phenoxy) is 2. The molecule has 2 aliphatic rings. The topological polar surface area (TPSA) is 98.5 Å². The fraction of sp³-hybridized carbons (Fsp3) is 0.393. The lowest BCUT2D eigenvalue weighted by atomic mass is 10.0. The third kappa shape index (κ3) is 4.62. The molecule has 2 aromatic carbocycles. The summed E-state index contributed by atoms with van der Waals surface area (Å²) in [5.41, 5.74) is 3.32. The van der Waals surface area contributed by atoms with Crippen molar-refractivity contribution in [2.75, 3.05) is 31.1 Å². The number of carbonyl (C=O) groups is 1. The zero-order valence-electron chi connectivity index (χ0n) is 21.9. The van der Waals surface area contributed by atoms with Gasteiger partial charge in [0.25, 0.3) is 5.91 Å². The minimum absolute atomic E-state index is 0.0406. The van der Waals surface area contributed by atoms with Crippen LogP contribution in [0.3, 0.4) is 0 Å². The highest BCUT2D eigenvalue weighted by molar-refractivity contribution is 5.84. The lowest BCUT2D eigenvalue weighted by Gasteiger charge is -2.36. The minimum atomic E-state index is -0.621. The van der Waals surface area contributed by atoms with Crippen LogP contribution in [0.2, 0.25) is 0 Å². The Kier molecular flexibility index (Phi) is 6.09. The van der Waals surface area contributed by atoms with Crippen LogP contribution in [-0.2, 0) is 17.8 Å². The zero-order chi connectivity index (χ0) is 26.3. The van der Waals surface area contributed by atoms with Gasteiger partial charge in [0.1, 0.15) is 11.9 Å². The van der Waals surface area contributed by atoms with Gasteiger partial charge in [0.2, 0.25) is 0 Å². The smallest absolute Gasteiger partial charge is 0.263 e. The molecule has 1 saturated heterocycles. The van der Waals surface area contributed by atoms with Crippen LogP contribution in [0.4, 0.5) is 5.82 Å². The molecule has 1 atom stereocenters. The zero-order valence-corrected chi connectivity index (χ0v) is 21.9. The van der Waals surface area contributed by atoms with Gasteiger partial charge >= 0.3 is 0 Å². The number of piperazine rings is 1. The van der Waals surface area contributed by atoms with Crippen molar-refractivity contribution in [3.63, 3.8) is 0 Å². The van der Waals surface area contributed by atoms with E-state index in [9.17, 15) is 4.79 Å². The van der Waals surface area contributed by atoms with Crippen LogP contribution in [-0.4, -0.2) is 73.7 Å². The quantitative estimate of drug-likeness (QED) is 0.388. The Morgan fingerprint density at radius 1 is 1.05 bits per heavy atom. The van der Waals surface area contributed by atoms with Crippen LogP contribution in [0.5, 0.6) is 11.5 Å². The molecule has 0 bridgehead atoms. The maximum absolute atomic E-state index is 13.3. The van der Waals surface area contributed by atoms with E-state index in [1.807, 2.05) is 41.3 Å². The number of amides is 1. The van der Waals surface area contributed by atoms with E-state index in [4.69, 9.17) is 9.47 Å². The fourth-order valence-corrected chi connectivity index (χ4v) is 5.19. The second-order valence-corrected chi connectivity index (χ2v) is 10.5. The number of benzene rings is 2. The predicted molar refractivity (Wildman–Crippen MR) is 142 cm³/mol. The van der Waals surface area contributed by atoms with Gasteiger partial charge in [-0.2, -0.15) is 0 Å². The van der Waals surface area contributed by atoms with Gasteiger partial charge in [-0.25, -0.2) is 14.6 Å². The van der Waals surface area contributed by atoms with Crippen molar-refractivity contribution in [2.24, 2.45) is 0 Å². The van der Waals surface area contributed by atoms with E-state index in [0.29, 0.717) is 49.6 Å². The Bertz CT molecular complexity index is 1460. The number of fused-ring (bicyclic) bond motifs is 2. The monoisotopic (exact) mass is 513 g/mol. The lowest BCUT2D eigenvalue weighted by molar-refractivity contribution is -0.138. The Morgan fingerprint density at radius 2 is 1.84 bits per heavy atom. The Hall–Kier alpha value is -4.21.